The van der Waals surface area contributed by atoms with Crippen LogP contribution in [0.1, 0.15) is 11.1 Å². The summed E-state index contributed by atoms with van der Waals surface area (Å²) in [7, 11) is 0. The molecule has 13 heavy (non-hydrogen) atoms. The van der Waals surface area contributed by atoms with Gasteiger partial charge in [0, 0.05) is 12.1 Å². The fourth-order valence-electron chi connectivity index (χ4n) is 1.34. The Labute approximate surface area is 76.4 Å². The molecule has 0 unspecified atom stereocenters. The first-order valence-electron chi connectivity index (χ1n) is 4.18. The second-order valence-corrected chi connectivity index (χ2v) is 3.28. The lowest BCUT2D eigenvalue weighted by Gasteiger charge is -1.96. The SMILES string of the molecule is Cc1cc2cc(O)c[o+]c2cc1C. The van der Waals surface area contributed by atoms with Gasteiger partial charge < -0.3 is 5.11 Å². The summed E-state index contributed by atoms with van der Waals surface area (Å²) in [6.07, 6.45) is 1.34. The van der Waals surface area contributed by atoms with Gasteiger partial charge in [0.2, 0.25) is 5.75 Å². The van der Waals surface area contributed by atoms with Crippen LogP contribution in [0, 0.1) is 13.8 Å². The molecule has 0 spiro atoms. The molecule has 2 heteroatoms. The van der Waals surface area contributed by atoms with Crippen molar-refractivity contribution in [2.24, 2.45) is 0 Å². The summed E-state index contributed by atoms with van der Waals surface area (Å²) in [5.41, 5.74) is 3.20. The van der Waals surface area contributed by atoms with Crippen LogP contribution in [0.25, 0.3) is 11.0 Å². The minimum Gasteiger partial charge on any atom is -0.501 e. The van der Waals surface area contributed by atoms with E-state index in [1.165, 1.54) is 17.4 Å². The second kappa shape index (κ2) is 2.73. The number of benzene rings is 1. The van der Waals surface area contributed by atoms with Crippen LogP contribution in [0.2, 0.25) is 0 Å². The Bertz CT molecular complexity index is 461. The average molecular weight is 175 g/mol. The zero-order valence-electron chi connectivity index (χ0n) is 7.66. The maximum absolute atomic E-state index is 9.20. The van der Waals surface area contributed by atoms with E-state index in [0.29, 0.717) is 0 Å². The summed E-state index contributed by atoms with van der Waals surface area (Å²) in [5, 5.41) is 10.1. The molecule has 0 aliphatic carbocycles. The third-order valence-electron chi connectivity index (χ3n) is 2.24. The predicted molar refractivity (Wildman–Crippen MR) is 51.8 cm³/mol. The van der Waals surface area contributed by atoms with Crippen molar-refractivity contribution in [3.05, 3.63) is 35.6 Å². The van der Waals surface area contributed by atoms with Gasteiger partial charge in [-0.3, -0.25) is 0 Å². The van der Waals surface area contributed by atoms with E-state index >= 15 is 0 Å². The first-order chi connectivity index (χ1) is 6.16. The third-order valence-corrected chi connectivity index (χ3v) is 2.24. The largest absolute Gasteiger partial charge is 0.501 e. The Morgan fingerprint density at radius 1 is 1.08 bits per heavy atom. The lowest BCUT2D eigenvalue weighted by molar-refractivity contribution is 0.447. The Hall–Kier alpha value is -1.57. The maximum atomic E-state index is 9.20. The van der Waals surface area contributed by atoms with E-state index in [1.54, 1.807) is 6.07 Å². The average Bonchev–Trinajstić information content (AvgIpc) is 2.08. The monoisotopic (exact) mass is 175 g/mol. The highest BCUT2D eigenvalue weighted by atomic mass is 16.3. The molecule has 0 aliphatic heterocycles. The van der Waals surface area contributed by atoms with Gasteiger partial charge in [0.25, 0.3) is 0 Å². The van der Waals surface area contributed by atoms with Crippen LogP contribution in [0.5, 0.6) is 5.75 Å². The molecule has 66 valence electrons. The molecule has 0 aliphatic rings. The van der Waals surface area contributed by atoms with Crippen molar-refractivity contribution in [3.63, 3.8) is 0 Å². The van der Waals surface area contributed by atoms with Gasteiger partial charge in [0.1, 0.15) is 0 Å². The van der Waals surface area contributed by atoms with Gasteiger partial charge in [0.15, 0.2) is 0 Å². The molecule has 2 aromatic rings. The Morgan fingerprint density at radius 2 is 1.77 bits per heavy atom. The van der Waals surface area contributed by atoms with E-state index in [1.807, 2.05) is 26.0 Å². The van der Waals surface area contributed by atoms with Gasteiger partial charge in [-0.25, -0.2) is 4.42 Å². The molecule has 0 saturated carbocycles. The maximum Gasteiger partial charge on any atom is 0.360 e. The number of fused-ring (bicyclic) bond motifs is 1. The van der Waals surface area contributed by atoms with E-state index in [-0.39, 0.29) is 5.75 Å². The van der Waals surface area contributed by atoms with Crippen LogP contribution >= 0.6 is 0 Å². The van der Waals surface area contributed by atoms with Gasteiger partial charge >= 0.3 is 11.8 Å². The molecule has 1 N–H and O–H groups in total. The summed E-state index contributed by atoms with van der Waals surface area (Å²) in [4.78, 5) is 0. The molecule has 1 aromatic heterocycles. The molecule has 0 bridgehead atoms. The van der Waals surface area contributed by atoms with Crippen molar-refractivity contribution in [1.82, 2.24) is 0 Å². The fourth-order valence-corrected chi connectivity index (χ4v) is 1.34. The quantitative estimate of drug-likeness (QED) is 0.624. The molecule has 0 saturated heterocycles. The number of hydrogen-bond donors (Lipinski definition) is 1. The molecule has 0 radical (unpaired) electrons. The van der Waals surface area contributed by atoms with Crippen LogP contribution in [0.3, 0.4) is 0 Å². The van der Waals surface area contributed by atoms with Gasteiger partial charge in [-0.05, 0) is 31.0 Å². The van der Waals surface area contributed by atoms with Crippen LogP contribution < -0.4 is 0 Å². The van der Waals surface area contributed by atoms with Crippen molar-refractivity contribution in [1.29, 1.82) is 0 Å². The van der Waals surface area contributed by atoms with Gasteiger partial charge in [0.05, 0.1) is 5.39 Å². The Morgan fingerprint density at radius 3 is 2.54 bits per heavy atom. The Balaban J connectivity index is 2.81. The zero-order valence-corrected chi connectivity index (χ0v) is 7.66. The normalized spacial score (nSPS) is 10.6. The molecule has 0 fully saturated rings. The van der Waals surface area contributed by atoms with Crippen molar-refractivity contribution < 1.29 is 9.52 Å². The molecule has 2 nitrogen and oxygen atoms in total. The highest BCUT2D eigenvalue weighted by molar-refractivity contribution is 5.79. The molecule has 2 rings (SSSR count). The predicted octanol–water partition coefficient (Wildman–Crippen LogP) is 3.04. The molecule has 1 heterocycles. The molecule has 0 amide bonds. The van der Waals surface area contributed by atoms with E-state index in [4.69, 9.17) is 4.42 Å². The summed E-state index contributed by atoms with van der Waals surface area (Å²) < 4.78 is 5.23. The number of aryl methyl sites for hydroxylation is 2. The van der Waals surface area contributed by atoms with E-state index in [0.717, 1.165) is 11.0 Å². The third kappa shape index (κ3) is 1.35. The molecule has 1 aromatic carbocycles. The standard InChI is InChI=1S/C11H10O2/c1-7-3-9-5-10(12)6-13-11(9)4-8(7)2/h3-6H,1-2H3/p+1. The van der Waals surface area contributed by atoms with Gasteiger partial charge in [-0.1, -0.05) is 0 Å². The smallest absolute Gasteiger partial charge is 0.360 e. The van der Waals surface area contributed by atoms with Gasteiger partial charge in [-0.15, -0.1) is 0 Å². The lowest BCUT2D eigenvalue weighted by atomic mass is 10.1. The topological polar surface area (TPSA) is 31.5 Å². The van der Waals surface area contributed by atoms with Crippen molar-refractivity contribution in [2.45, 2.75) is 13.8 Å². The van der Waals surface area contributed by atoms with E-state index in [9.17, 15) is 5.11 Å². The first kappa shape index (κ1) is 8.05. The second-order valence-electron chi connectivity index (χ2n) is 3.28. The lowest BCUT2D eigenvalue weighted by Crippen LogP contribution is -1.81. The van der Waals surface area contributed by atoms with Crippen molar-refractivity contribution in [2.75, 3.05) is 0 Å². The minimum absolute atomic E-state index is 0.163. The molecular weight excluding hydrogens is 164 g/mol. The molecular formula is C11H11O2+. The minimum atomic E-state index is 0.163. The summed E-state index contributed by atoms with van der Waals surface area (Å²) in [5.74, 6) is 0.163. The zero-order chi connectivity index (χ0) is 9.42. The summed E-state index contributed by atoms with van der Waals surface area (Å²) in [6.45, 7) is 4.08. The number of hydrogen-bond acceptors (Lipinski definition) is 1. The van der Waals surface area contributed by atoms with Crippen LogP contribution in [0.4, 0.5) is 0 Å². The van der Waals surface area contributed by atoms with Crippen LogP contribution in [0.15, 0.2) is 28.9 Å². The van der Waals surface area contributed by atoms with E-state index in [2.05, 4.69) is 0 Å². The van der Waals surface area contributed by atoms with Crippen molar-refractivity contribution in [3.8, 4) is 5.75 Å². The number of aromatic hydroxyl groups is 1. The van der Waals surface area contributed by atoms with Crippen LogP contribution in [-0.4, -0.2) is 5.11 Å². The molecule has 0 atom stereocenters. The number of rotatable bonds is 0. The Kier molecular flexibility index (Phi) is 1.69. The summed E-state index contributed by atoms with van der Waals surface area (Å²) >= 11 is 0. The van der Waals surface area contributed by atoms with Gasteiger partial charge in [-0.2, -0.15) is 0 Å². The highest BCUT2D eigenvalue weighted by Crippen LogP contribution is 2.22. The highest BCUT2D eigenvalue weighted by Gasteiger charge is 2.09. The first-order valence-corrected chi connectivity index (χ1v) is 4.18. The van der Waals surface area contributed by atoms with Crippen molar-refractivity contribution >= 4 is 11.0 Å². The van der Waals surface area contributed by atoms with E-state index < -0.39 is 0 Å². The fraction of sp³-hybridized carbons (Fsp3) is 0.182. The van der Waals surface area contributed by atoms with Crippen LogP contribution in [-0.2, 0) is 0 Å². The summed E-state index contributed by atoms with van der Waals surface area (Å²) in [6, 6.07) is 5.68.